The zero-order valence-corrected chi connectivity index (χ0v) is 23.4. The summed E-state index contributed by atoms with van der Waals surface area (Å²) in [5, 5.41) is 43.8. The second kappa shape index (κ2) is 11.0. The van der Waals surface area contributed by atoms with Crippen LogP contribution in [0.1, 0.15) is 78.6 Å². The number of rotatable bonds is 9. The molecule has 0 bridgehead atoms. The van der Waals surface area contributed by atoms with Crippen LogP contribution in [0.15, 0.2) is 11.6 Å². The first-order valence-electron chi connectivity index (χ1n) is 14.2. The first kappa shape index (κ1) is 30.3. The fourth-order valence-corrected chi connectivity index (χ4v) is 8.34. The quantitative estimate of drug-likeness (QED) is 0.254. The molecule has 3 fully saturated rings. The fourth-order valence-electron chi connectivity index (χ4n) is 8.34. The van der Waals surface area contributed by atoms with E-state index in [0.717, 1.165) is 18.4 Å². The van der Waals surface area contributed by atoms with Crippen molar-refractivity contribution in [2.45, 2.75) is 102 Å². The maximum atomic E-state index is 13.3. The van der Waals surface area contributed by atoms with Gasteiger partial charge in [0.15, 0.2) is 18.4 Å². The Kier molecular flexibility index (Phi) is 8.33. The van der Waals surface area contributed by atoms with Crippen molar-refractivity contribution in [1.82, 2.24) is 5.32 Å². The number of ether oxygens (including phenoxy) is 1. The van der Waals surface area contributed by atoms with Gasteiger partial charge in [0, 0.05) is 18.3 Å². The third-order valence-corrected chi connectivity index (χ3v) is 10.5. The number of amides is 1. The van der Waals surface area contributed by atoms with Gasteiger partial charge in [0.2, 0.25) is 11.7 Å². The molecule has 222 valence electrons. The number of carboxylic acids is 1. The van der Waals surface area contributed by atoms with E-state index in [9.17, 15) is 39.3 Å². The molecule has 3 saturated carbocycles. The summed E-state index contributed by atoms with van der Waals surface area (Å²) >= 11 is 0. The summed E-state index contributed by atoms with van der Waals surface area (Å²) in [5.74, 6) is -3.55. The van der Waals surface area contributed by atoms with Crippen LogP contribution in [0.5, 0.6) is 0 Å². The number of fused-ring (bicyclic) bond motifs is 5. The molecule has 11 heteroatoms. The average molecular weight is 564 g/mol. The van der Waals surface area contributed by atoms with Crippen LogP contribution < -0.4 is 5.32 Å². The molecule has 40 heavy (non-hydrogen) atoms. The number of ketones is 2. The van der Waals surface area contributed by atoms with Gasteiger partial charge in [-0.25, -0.2) is 4.79 Å². The molecule has 1 amide bonds. The molecule has 0 aromatic rings. The summed E-state index contributed by atoms with van der Waals surface area (Å²) in [7, 11) is 0. The van der Waals surface area contributed by atoms with E-state index in [1.165, 1.54) is 6.92 Å². The van der Waals surface area contributed by atoms with Crippen molar-refractivity contribution in [3.05, 3.63) is 11.6 Å². The van der Waals surface area contributed by atoms with Crippen molar-refractivity contribution in [2.24, 2.45) is 28.6 Å². The lowest BCUT2D eigenvalue weighted by Crippen LogP contribution is -2.62. The zero-order valence-electron chi connectivity index (χ0n) is 23.4. The van der Waals surface area contributed by atoms with Crippen LogP contribution in [0, 0.1) is 28.6 Å². The molecule has 0 saturated heterocycles. The summed E-state index contributed by atoms with van der Waals surface area (Å²) in [6, 6.07) is -1.52. The Morgan fingerprint density at radius 2 is 1.82 bits per heavy atom. The first-order chi connectivity index (χ1) is 18.6. The van der Waals surface area contributed by atoms with E-state index in [0.29, 0.717) is 19.3 Å². The van der Waals surface area contributed by atoms with Gasteiger partial charge >= 0.3 is 11.9 Å². The van der Waals surface area contributed by atoms with Gasteiger partial charge in [-0.2, -0.15) is 0 Å². The fraction of sp³-hybridized carbons (Fsp3) is 0.759. The van der Waals surface area contributed by atoms with Crippen LogP contribution in [0.25, 0.3) is 0 Å². The van der Waals surface area contributed by atoms with Crippen LogP contribution in [0.4, 0.5) is 0 Å². The summed E-state index contributed by atoms with van der Waals surface area (Å²) in [6.07, 6.45) is 2.53. The normalized spacial score (nSPS) is 38.1. The monoisotopic (exact) mass is 563 g/mol. The third-order valence-electron chi connectivity index (χ3n) is 10.5. The zero-order chi connectivity index (χ0) is 29.6. The third kappa shape index (κ3) is 5.12. The van der Waals surface area contributed by atoms with Crippen molar-refractivity contribution in [3.8, 4) is 0 Å². The number of hydrogen-bond donors (Lipinski definition) is 5. The van der Waals surface area contributed by atoms with Crippen molar-refractivity contribution in [1.29, 1.82) is 0 Å². The molecule has 4 aliphatic carbocycles. The standard InChI is InChI=1S/C29H41NO10/c1-15(31)25(26(37)38)30-22(35)6-7-23(36)40-14-21(34)29(39)11-9-19-18-5-4-16-12-17(32)8-10-27(16,2)24(18)20(33)13-28(19,29)3/h12,15,18-20,24-25,31,33,39H,4-11,13-14H2,1-3H3,(H,30,35)(H,37,38)/t15-,18+,19+,20-,24-,25-,27+,28+,29-/m1/s1. The molecule has 0 unspecified atom stereocenters. The predicted molar refractivity (Wildman–Crippen MR) is 139 cm³/mol. The van der Waals surface area contributed by atoms with Gasteiger partial charge in [0.05, 0.1) is 18.6 Å². The Morgan fingerprint density at radius 3 is 2.48 bits per heavy atom. The predicted octanol–water partition coefficient (Wildman–Crippen LogP) is 1.06. The maximum Gasteiger partial charge on any atom is 0.328 e. The number of carboxylic acid groups (broad SMARTS) is 1. The number of esters is 1. The molecule has 0 spiro atoms. The SMILES string of the molecule is C[C@@H](O)[C@@H](NC(=O)CCC(=O)OCC(=O)[C@]1(O)CC[C@H]2[C@@H]3CCC4=CC(=O)CC[C@]4(C)[C@H]3[C@H](O)C[C@@]21C)C(=O)O. The second-order valence-corrected chi connectivity index (χ2v) is 12.7. The minimum Gasteiger partial charge on any atom is -0.480 e. The summed E-state index contributed by atoms with van der Waals surface area (Å²) in [4.78, 5) is 60.8. The number of carbonyl (C=O) groups excluding carboxylic acids is 4. The number of aliphatic hydroxyl groups is 3. The van der Waals surface area contributed by atoms with Crippen molar-refractivity contribution < 1.29 is 49.1 Å². The molecule has 4 aliphatic rings. The Balaban J connectivity index is 1.38. The van der Waals surface area contributed by atoms with E-state index in [1.54, 1.807) is 6.08 Å². The van der Waals surface area contributed by atoms with Gasteiger partial charge in [-0.1, -0.05) is 19.4 Å². The number of nitrogens with one attached hydrogen (secondary N) is 1. The van der Waals surface area contributed by atoms with Crippen LogP contribution in [-0.2, 0) is 28.7 Å². The van der Waals surface area contributed by atoms with E-state index >= 15 is 0 Å². The first-order valence-corrected chi connectivity index (χ1v) is 14.2. The topological polar surface area (TPSA) is 188 Å². The molecule has 9 atom stereocenters. The number of hydrogen-bond acceptors (Lipinski definition) is 9. The molecule has 5 N–H and O–H groups in total. The number of aliphatic hydroxyl groups excluding tert-OH is 2. The van der Waals surface area contributed by atoms with E-state index in [1.807, 2.05) is 6.92 Å². The molecule has 0 radical (unpaired) electrons. The largest absolute Gasteiger partial charge is 0.480 e. The van der Waals surface area contributed by atoms with Crippen LogP contribution in [0.3, 0.4) is 0 Å². The van der Waals surface area contributed by atoms with Crippen LogP contribution in [0.2, 0.25) is 0 Å². The van der Waals surface area contributed by atoms with Gasteiger partial charge in [-0.3, -0.25) is 19.2 Å². The van der Waals surface area contributed by atoms with Gasteiger partial charge in [0.25, 0.3) is 0 Å². The van der Waals surface area contributed by atoms with E-state index in [4.69, 9.17) is 9.84 Å². The maximum absolute atomic E-state index is 13.3. The highest BCUT2D eigenvalue weighted by Crippen LogP contribution is 2.67. The summed E-state index contributed by atoms with van der Waals surface area (Å²) < 4.78 is 5.09. The molecule has 0 aromatic carbocycles. The number of allylic oxidation sites excluding steroid dienone is 1. The molecule has 0 aliphatic heterocycles. The minimum absolute atomic E-state index is 0.0126. The Bertz CT molecular complexity index is 1120. The molecule has 0 heterocycles. The van der Waals surface area contributed by atoms with E-state index in [-0.39, 0.29) is 41.8 Å². The van der Waals surface area contributed by atoms with E-state index < -0.39 is 72.3 Å². The van der Waals surface area contributed by atoms with Crippen LogP contribution >= 0.6 is 0 Å². The van der Waals surface area contributed by atoms with Gasteiger partial charge < -0.3 is 30.5 Å². The van der Waals surface area contributed by atoms with Gasteiger partial charge in [0.1, 0.15) is 5.60 Å². The smallest absolute Gasteiger partial charge is 0.328 e. The molecular formula is C29H41NO10. The Labute approximate surface area is 233 Å². The lowest BCUT2D eigenvalue weighted by molar-refractivity contribution is -0.184. The van der Waals surface area contributed by atoms with Gasteiger partial charge in [-0.05, 0) is 74.7 Å². The van der Waals surface area contributed by atoms with Crippen LogP contribution in [-0.4, -0.2) is 80.3 Å². The average Bonchev–Trinajstić information content (AvgIpc) is 3.15. The number of carbonyl (C=O) groups is 5. The Morgan fingerprint density at radius 1 is 1.12 bits per heavy atom. The molecule has 4 rings (SSSR count). The molecular weight excluding hydrogens is 522 g/mol. The molecule has 0 aromatic heterocycles. The number of Topliss-reactive ketones (excluding diaryl/α,β-unsaturated/α-hetero) is 1. The van der Waals surface area contributed by atoms with Crippen molar-refractivity contribution in [2.75, 3.05) is 6.61 Å². The minimum atomic E-state index is -1.78. The van der Waals surface area contributed by atoms with Gasteiger partial charge in [-0.15, -0.1) is 0 Å². The lowest BCUT2D eigenvalue weighted by atomic mass is 9.45. The van der Waals surface area contributed by atoms with Crippen molar-refractivity contribution in [3.63, 3.8) is 0 Å². The number of aliphatic carboxylic acids is 1. The van der Waals surface area contributed by atoms with E-state index in [2.05, 4.69) is 12.2 Å². The highest BCUT2D eigenvalue weighted by molar-refractivity contribution is 5.92. The summed E-state index contributed by atoms with van der Waals surface area (Å²) in [5.41, 5.74) is -1.88. The second-order valence-electron chi connectivity index (χ2n) is 12.7. The molecule has 11 nitrogen and oxygen atoms in total. The highest BCUT2D eigenvalue weighted by atomic mass is 16.5. The van der Waals surface area contributed by atoms with Crippen molar-refractivity contribution >= 4 is 29.4 Å². The lowest BCUT2D eigenvalue weighted by Gasteiger charge is -2.60. The Hall–Kier alpha value is -2.63. The highest BCUT2D eigenvalue weighted by Gasteiger charge is 2.68. The summed E-state index contributed by atoms with van der Waals surface area (Å²) in [6.45, 7) is 4.51.